The summed E-state index contributed by atoms with van der Waals surface area (Å²) < 4.78 is 11.1. The molecule has 1 aliphatic heterocycles. The van der Waals surface area contributed by atoms with Crippen LogP contribution in [0.4, 0.5) is 0 Å². The zero-order valence-corrected chi connectivity index (χ0v) is 12.7. The number of nitrogens with zero attached hydrogens (tertiary/aromatic N) is 1. The van der Waals surface area contributed by atoms with E-state index < -0.39 is 0 Å². The van der Waals surface area contributed by atoms with Gasteiger partial charge in [-0.3, -0.25) is 4.99 Å². The predicted molar refractivity (Wildman–Crippen MR) is 88.7 cm³/mol. The molecular formula is C18H20N2O2. The van der Waals surface area contributed by atoms with Gasteiger partial charge in [-0.05, 0) is 11.6 Å². The van der Waals surface area contributed by atoms with Crippen molar-refractivity contribution in [3.63, 3.8) is 0 Å². The first-order chi connectivity index (χ1) is 10.9. The monoisotopic (exact) mass is 296 g/mol. The van der Waals surface area contributed by atoms with Crippen LogP contribution in [0.1, 0.15) is 5.56 Å². The Morgan fingerprint density at radius 3 is 2.55 bits per heavy atom. The van der Waals surface area contributed by atoms with E-state index in [1.54, 1.807) is 7.11 Å². The molecule has 0 radical (unpaired) electrons. The maximum Gasteiger partial charge on any atom is 0.138 e. The Morgan fingerprint density at radius 1 is 1.00 bits per heavy atom. The summed E-state index contributed by atoms with van der Waals surface area (Å²) in [5.41, 5.74) is 3.22. The van der Waals surface area contributed by atoms with E-state index in [1.807, 2.05) is 30.3 Å². The lowest BCUT2D eigenvalue weighted by Gasteiger charge is -2.16. The quantitative estimate of drug-likeness (QED) is 0.834. The fourth-order valence-electron chi connectivity index (χ4n) is 2.53. The minimum Gasteiger partial charge on any atom is -0.490 e. The van der Waals surface area contributed by atoms with Crippen molar-refractivity contribution in [2.75, 3.05) is 33.4 Å². The number of benzene rings is 2. The highest BCUT2D eigenvalue weighted by atomic mass is 16.5. The average Bonchev–Trinajstić information content (AvgIpc) is 3.10. The second kappa shape index (κ2) is 7.09. The number of hydrogen-bond donors (Lipinski definition) is 1. The van der Waals surface area contributed by atoms with Crippen LogP contribution in [0.15, 0.2) is 53.5 Å². The van der Waals surface area contributed by atoms with E-state index in [2.05, 4.69) is 28.5 Å². The van der Waals surface area contributed by atoms with Crippen molar-refractivity contribution >= 4 is 5.84 Å². The average molecular weight is 296 g/mol. The van der Waals surface area contributed by atoms with Crippen LogP contribution in [-0.4, -0.2) is 39.2 Å². The molecule has 0 bridgehead atoms. The fourth-order valence-corrected chi connectivity index (χ4v) is 2.53. The van der Waals surface area contributed by atoms with Gasteiger partial charge in [0.25, 0.3) is 0 Å². The van der Waals surface area contributed by atoms with E-state index in [0.29, 0.717) is 13.2 Å². The number of amidine groups is 1. The number of methoxy groups -OCH3 is 1. The van der Waals surface area contributed by atoms with Crippen molar-refractivity contribution in [2.24, 2.45) is 4.99 Å². The van der Waals surface area contributed by atoms with E-state index in [-0.39, 0.29) is 0 Å². The van der Waals surface area contributed by atoms with Crippen molar-refractivity contribution in [1.82, 2.24) is 5.32 Å². The number of nitrogens with one attached hydrogen (secondary N) is 1. The Labute approximate surface area is 130 Å². The molecule has 0 unspecified atom stereocenters. The molecule has 3 rings (SSSR count). The molecule has 0 amide bonds. The van der Waals surface area contributed by atoms with Crippen LogP contribution in [0.3, 0.4) is 0 Å². The van der Waals surface area contributed by atoms with Crippen LogP contribution >= 0.6 is 0 Å². The normalized spacial score (nSPS) is 13.6. The standard InChI is InChI=1S/C18H20N2O2/c1-21-12-13-22-17-15(14-6-3-2-4-7-14)8-5-9-16(17)18-19-10-11-20-18/h2-9H,10-13H2,1H3,(H,19,20). The molecule has 22 heavy (non-hydrogen) atoms. The molecule has 0 atom stereocenters. The van der Waals surface area contributed by atoms with Crippen molar-refractivity contribution in [2.45, 2.75) is 0 Å². The SMILES string of the molecule is COCCOc1c(C2=NCCN2)cccc1-c1ccccc1. The van der Waals surface area contributed by atoms with E-state index in [9.17, 15) is 0 Å². The molecular weight excluding hydrogens is 276 g/mol. The zero-order valence-electron chi connectivity index (χ0n) is 12.7. The molecule has 0 saturated heterocycles. The third-order valence-corrected chi connectivity index (χ3v) is 3.56. The molecule has 4 nitrogen and oxygen atoms in total. The van der Waals surface area contributed by atoms with Crippen LogP contribution in [0.5, 0.6) is 5.75 Å². The van der Waals surface area contributed by atoms with Gasteiger partial charge in [0, 0.05) is 19.2 Å². The van der Waals surface area contributed by atoms with Gasteiger partial charge in [-0.25, -0.2) is 0 Å². The highest BCUT2D eigenvalue weighted by Crippen LogP contribution is 2.33. The van der Waals surface area contributed by atoms with Gasteiger partial charge in [-0.15, -0.1) is 0 Å². The summed E-state index contributed by atoms with van der Waals surface area (Å²) in [5.74, 6) is 1.77. The molecule has 0 saturated carbocycles. The van der Waals surface area contributed by atoms with Crippen molar-refractivity contribution in [1.29, 1.82) is 0 Å². The number of ether oxygens (including phenoxy) is 2. The summed E-state index contributed by atoms with van der Waals surface area (Å²) in [5, 5.41) is 3.32. The summed E-state index contributed by atoms with van der Waals surface area (Å²) in [4.78, 5) is 4.52. The molecule has 114 valence electrons. The van der Waals surface area contributed by atoms with Crippen LogP contribution in [0.25, 0.3) is 11.1 Å². The molecule has 0 aliphatic carbocycles. The lowest BCUT2D eigenvalue weighted by molar-refractivity contribution is 0.146. The van der Waals surface area contributed by atoms with Gasteiger partial charge in [-0.1, -0.05) is 42.5 Å². The van der Waals surface area contributed by atoms with E-state index in [4.69, 9.17) is 9.47 Å². The Kier molecular flexibility index (Phi) is 4.71. The third-order valence-electron chi connectivity index (χ3n) is 3.56. The lowest BCUT2D eigenvalue weighted by Crippen LogP contribution is -2.21. The van der Waals surface area contributed by atoms with E-state index >= 15 is 0 Å². The minimum absolute atomic E-state index is 0.515. The number of hydrogen-bond acceptors (Lipinski definition) is 4. The largest absolute Gasteiger partial charge is 0.490 e. The number of para-hydroxylation sites is 1. The van der Waals surface area contributed by atoms with Crippen LogP contribution < -0.4 is 10.1 Å². The summed E-state index contributed by atoms with van der Waals surface area (Å²) in [7, 11) is 1.68. The highest BCUT2D eigenvalue weighted by Gasteiger charge is 2.17. The predicted octanol–water partition coefficient (Wildman–Crippen LogP) is 2.73. The first-order valence-corrected chi connectivity index (χ1v) is 7.49. The smallest absolute Gasteiger partial charge is 0.138 e. The Balaban J connectivity index is 2.02. The van der Waals surface area contributed by atoms with Gasteiger partial charge < -0.3 is 14.8 Å². The molecule has 2 aromatic carbocycles. The van der Waals surface area contributed by atoms with Gasteiger partial charge in [0.05, 0.1) is 18.7 Å². The lowest BCUT2D eigenvalue weighted by atomic mass is 10.0. The van der Waals surface area contributed by atoms with E-state index in [0.717, 1.165) is 41.4 Å². The topological polar surface area (TPSA) is 42.9 Å². The Hall–Kier alpha value is -2.33. The maximum absolute atomic E-state index is 6.03. The van der Waals surface area contributed by atoms with Crippen molar-refractivity contribution in [3.05, 3.63) is 54.1 Å². The van der Waals surface area contributed by atoms with Gasteiger partial charge in [0.1, 0.15) is 18.2 Å². The zero-order chi connectivity index (χ0) is 15.2. The summed E-state index contributed by atoms with van der Waals surface area (Å²) in [6, 6.07) is 16.4. The second-order valence-electron chi connectivity index (χ2n) is 5.05. The highest BCUT2D eigenvalue weighted by molar-refractivity contribution is 6.04. The Morgan fingerprint density at radius 2 is 1.82 bits per heavy atom. The third kappa shape index (κ3) is 3.12. The van der Waals surface area contributed by atoms with Gasteiger partial charge in [0.15, 0.2) is 0 Å². The van der Waals surface area contributed by atoms with Crippen molar-refractivity contribution < 1.29 is 9.47 Å². The van der Waals surface area contributed by atoms with Crippen molar-refractivity contribution in [3.8, 4) is 16.9 Å². The summed E-state index contributed by atoms with van der Waals surface area (Å²) >= 11 is 0. The molecule has 0 fully saturated rings. The molecule has 1 N–H and O–H groups in total. The van der Waals surface area contributed by atoms with Gasteiger partial charge >= 0.3 is 0 Å². The first kappa shape index (κ1) is 14.6. The molecule has 1 heterocycles. The molecule has 0 spiro atoms. The first-order valence-electron chi connectivity index (χ1n) is 7.49. The van der Waals surface area contributed by atoms with Crippen LogP contribution in [-0.2, 0) is 4.74 Å². The number of rotatable bonds is 6. The molecule has 2 aromatic rings. The van der Waals surface area contributed by atoms with Gasteiger partial charge in [0.2, 0.25) is 0 Å². The number of aliphatic imine (C=N–C) groups is 1. The minimum atomic E-state index is 0.515. The molecule has 0 aromatic heterocycles. The van der Waals surface area contributed by atoms with Crippen LogP contribution in [0, 0.1) is 0 Å². The second-order valence-corrected chi connectivity index (χ2v) is 5.05. The van der Waals surface area contributed by atoms with Crippen LogP contribution in [0.2, 0.25) is 0 Å². The van der Waals surface area contributed by atoms with Gasteiger partial charge in [-0.2, -0.15) is 0 Å². The fraction of sp³-hybridized carbons (Fsp3) is 0.278. The maximum atomic E-state index is 6.03. The summed E-state index contributed by atoms with van der Waals surface area (Å²) in [6.45, 7) is 2.76. The molecule has 1 aliphatic rings. The summed E-state index contributed by atoms with van der Waals surface area (Å²) in [6.07, 6.45) is 0. The Bertz CT molecular complexity index is 653. The van der Waals surface area contributed by atoms with E-state index in [1.165, 1.54) is 0 Å². The molecule has 4 heteroatoms.